The van der Waals surface area contributed by atoms with Crippen molar-refractivity contribution in [3.8, 4) is 11.3 Å². The van der Waals surface area contributed by atoms with Crippen LogP contribution in [0.4, 0.5) is 5.82 Å². The van der Waals surface area contributed by atoms with Crippen molar-refractivity contribution in [3.05, 3.63) is 71.3 Å². The van der Waals surface area contributed by atoms with E-state index < -0.39 is 0 Å². The summed E-state index contributed by atoms with van der Waals surface area (Å²) in [7, 11) is 0. The Morgan fingerprint density at radius 2 is 1.87 bits per heavy atom. The van der Waals surface area contributed by atoms with E-state index in [-0.39, 0.29) is 12.4 Å². The van der Waals surface area contributed by atoms with Crippen molar-refractivity contribution in [1.29, 1.82) is 0 Å². The van der Waals surface area contributed by atoms with Crippen LogP contribution >= 0.6 is 0 Å². The fourth-order valence-corrected chi connectivity index (χ4v) is 2.79. The third kappa shape index (κ3) is 2.18. The number of hydrogen-bond acceptors (Lipinski definition) is 4. The summed E-state index contributed by atoms with van der Waals surface area (Å²) < 4.78 is 1.61. The van der Waals surface area contributed by atoms with Gasteiger partial charge in [0.05, 0.1) is 6.61 Å². The number of aromatic nitrogens is 2. The largest absolute Gasteiger partial charge is 0.392 e. The Morgan fingerprint density at radius 1 is 1.04 bits per heavy atom. The molecule has 1 N–H and O–H groups in total. The molecule has 0 fully saturated rings. The van der Waals surface area contributed by atoms with Crippen molar-refractivity contribution in [3.63, 3.8) is 0 Å². The van der Waals surface area contributed by atoms with E-state index in [0.29, 0.717) is 16.9 Å². The summed E-state index contributed by atoms with van der Waals surface area (Å²) in [6.45, 7) is -0.0995. The molecule has 0 spiro atoms. The number of aliphatic hydroxyl groups excluding tert-OH is 1. The maximum Gasteiger partial charge on any atom is 0.209 e. The van der Waals surface area contributed by atoms with Crippen LogP contribution in [0, 0.1) is 4.91 Å². The average Bonchev–Trinajstić information content (AvgIpc) is 2.98. The SMILES string of the molecule is O=Nc1c(-c2ccc3ccccc3c2)nc2ccc(CO)cn12. The first-order valence-corrected chi connectivity index (χ1v) is 7.24. The van der Waals surface area contributed by atoms with E-state index in [4.69, 9.17) is 0 Å². The molecule has 112 valence electrons. The number of aliphatic hydroxyl groups is 1. The fraction of sp³-hybridized carbons (Fsp3) is 0.0556. The van der Waals surface area contributed by atoms with Gasteiger partial charge in [-0.1, -0.05) is 42.5 Å². The number of hydrogen-bond donors (Lipinski definition) is 1. The lowest BCUT2D eigenvalue weighted by Gasteiger charge is -2.02. The summed E-state index contributed by atoms with van der Waals surface area (Å²) in [5, 5.41) is 14.6. The third-order valence-corrected chi connectivity index (χ3v) is 3.95. The van der Waals surface area contributed by atoms with Crippen molar-refractivity contribution in [2.75, 3.05) is 0 Å². The van der Waals surface area contributed by atoms with E-state index in [1.807, 2.05) is 42.5 Å². The summed E-state index contributed by atoms with van der Waals surface area (Å²) in [5.74, 6) is 0.241. The highest BCUT2D eigenvalue weighted by molar-refractivity contribution is 5.88. The van der Waals surface area contributed by atoms with Gasteiger partial charge in [-0.05, 0) is 33.6 Å². The van der Waals surface area contributed by atoms with Crippen molar-refractivity contribution >= 4 is 22.2 Å². The maximum atomic E-state index is 11.4. The number of imidazole rings is 1. The second-order valence-electron chi connectivity index (χ2n) is 5.36. The highest BCUT2D eigenvalue weighted by Crippen LogP contribution is 2.32. The Morgan fingerprint density at radius 3 is 2.65 bits per heavy atom. The number of rotatable bonds is 3. The molecule has 0 atom stereocenters. The molecule has 0 radical (unpaired) electrons. The monoisotopic (exact) mass is 303 g/mol. The molecule has 0 bridgehead atoms. The Balaban J connectivity index is 1.97. The zero-order valence-corrected chi connectivity index (χ0v) is 12.2. The second-order valence-corrected chi connectivity index (χ2v) is 5.36. The Bertz CT molecular complexity index is 1040. The minimum Gasteiger partial charge on any atom is -0.392 e. The van der Waals surface area contributed by atoms with Crippen molar-refractivity contribution in [1.82, 2.24) is 9.38 Å². The maximum absolute atomic E-state index is 11.4. The Labute approximate surface area is 131 Å². The lowest BCUT2D eigenvalue weighted by molar-refractivity contribution is 0.281. The van der Waals surface area contributed by atoms with Gasteiger partial charge in [-0.3, -0.25) is 4.40 Å². The molecule has 2 heterocycles. The first-order valence-electron chi connectivity index (χ1n) is 7.24. The number of fused-ring (bicyclic) bond motifs is 2. The highest BCUT2D eigenvalue weighted by Gasteiger charge is 2.15. The predicted molar refractivity (Wildman–Crippen MR) is 89.5 cm³/mol. The van der Waals surface area contributed by atoms with Crippen LogP contribution in [0.25, 0.3) is 27.7 Å². The van der Waals surface area contributed by atoms with Crippen LogP contribution in [0.15, 0.2) is 66.0 Å². The molecular formula is C18H13N3O2. The van der Waals surface area contributed by atoms with E-state index in [1.54, 1.807) is 22.7 Å². The van der Waals surface area contributed by atoms with Crippen LogP contribution in [0.1, 0.15) is 5.56 Å². The van der Waals surface area contributed by atoms with Crippen LogP contribution in [-0.4, -0.2) is 14.5 Å². The topological polar surface area (TPSA) is 67.0 Å². The molecule has 5 heteroatoms. The Kier molecular flexibility index (Phi) is 3.13. The molecule has 2 aromatic carbocycles. The van der Waals surface area contributed by atoms with E-state index in [0.717, 1.165) is 16.3 Å². The molecule has 0 saturated carbocycles. The number of benzene rings is 2. The molecule has 0 aliphatic carbocycles. The van der Waals surface area contributed by atoms with Crippen LogP contribution in [-0.2, 0) is 6.61 Å². The van der Waals surface area contributed by atoms with E-state index in [1.165, 1.54) is 0 Å². The summed E-state index contributed by atoms with van der Waals surface area (Å²) in [6.07, 6.45) is 1.68. The molecular weight excluding hydrogens is 290 g/mol. The molecule has 23 heavy (non-hydrogen) atoms. The van der Waals surface area contributed by atoms with Gasteiger partial charge < -0.3 is 5.11 Å². The van der Waals surface area contributed by atoms with Gasteiger partial charge in [0.1, 0.15) is 11.3 Å². The van der Waals surface area contributed by atoms with Crippen LogP contribution in [0.3, 0.4) is 0 Å². The minimum atomic E-state index is -0.0995. The van der Waals surface area contributed by atoms with E-state index in [2.05, 4.69) is 10.2 Å². The average molecular weight is 303 g/mol. The standard InChI is InChI=1S/C18H13N3O2/c22-11-12-5-8-16-19-17(18(20-23)21(16)10-12)15-7-6-13-3-1-2-4-14(13)9-15/h1-10,22H,11H2. The molecule has 5 nitrogen and oxygen atoms in total. The van der Waals surface area contributed by atoms with Crippen molar-refractivity contribution < 1.29 is 5.11 Å². The van der Waals surface area contributed by atoms with E-state index >= 15 is 0 Å². The minimum absolute atomic E-state index is 0.0995. The first-order chi connectivity index (χ1) is 11.3. The quantitative estimate of drug-likeness (QED) is 0.581. The van der Waals surface area contributed by atoms with Crippen LogP contribution < -0.4 is 0 Å². The number of nitrogens with zero attached hydrogens (tertiary/aromatic N) is 3. The second kappa shape index (κ2) is 5.30. The molecule has 0 amide bonds. The zero-order chi connectivity index (χ0) is 15.8. The van der Waals surface area contributed by atoms with Crippen molar-refractivity contribution in [2.24, 2.45) is 5.18 Å². The van der Waals surface area contributed by atoms with Crippen molar-refractivity contribution in [2.45, 2.75) is 6.61 Å². The molecule has 0 saturated heterocycles. The van der Waals surface area contributed by atoms with Gasteiger partial charge >= 0.3 is 0 Å². The highest BCUT2D eigenvalue weighted by atomic mass is 16.3. The summed E-state index contributed by atoms with van der Waals surface area (Å²) in [6, 6.07) is 17.5. The Hall–Kier alpha value is -3.05. The molecule has 4 rings (SSSR count). The number of nitroso groups, excluding NO2 is 1. The van der Waals surface area contributed by atoms with Gasteiger partial charge in [-0.15, -0.1) is 4.91 Å². The first kappa shape index (κ1) is 13.6. The van der Waals surface area contributed by atoms with Gasteiger partial charge in [0.2, 0.25) is 5.82 Å². The molecule has 2 aromatic heterocycles. The van der Waals surface area contributed by atoms with Gasteiger partial charge in [-0.2, -0.15) is 0 Å². The molecule has 0 unspecified atom stereocenters. The van der Waals surface area contributed by atoms with E-state index in [9.17, 15) is 10.0 Å². The lowest BCUT2D eigenvalue weighted by Crippen LogP contribution is -1.89. The summed E-state index contributed by atoms with van der Waals surface area (Å²) >= 11 is 0. The van der Waals surface area contributed by atoms with Gasteiger partial charge in [0, 0.05) is 11.8 Å². The van der Waals surface area contributed by atoms with Gasteiger partial charge in [-0.25, -0.2) is 4.98 Å². The lowest BCUT2D eigenvalue weighted by atomic mass is 10.1. The van der Waals surface area contributed by atoms with Crippen LogP contribution in [0.5, 0.6) is 0 Å². The van der Waals surface area contributed by atoms with Gasteiger partial charge in [0.25, 0.3) is 0 Å². The smallest absolute Gasteiger partial charge is 0.209 e. The number of pyridine rings is 1. The normalized spacial score (nSPS) is 11.2. The third-order valence-electron chi connectivity index (χ3n) is 3.95. The van der Waals surface area contributed by atoms with Gasteiger partial charge in [0.15, 0.2) is 0 Å². The molecule has 0 aliphatic rings. The molecule has 4 aromatic rings. The zero-order valence-electron chi connectivity index (χ0n) is 12.2. The predicted octanol–water partition coefficient (Wildman–Crippen LogP) is 4.04. The summed E-state index contributed by atoms with van der Waals surface area (Å²) in [4.78, 5) is 15.9. The molecule has 0 aliphatic heterocycles. The fourth-order valence-electron chi connectivity index (χ4n) is 2.79. The van der Waals surface area contributed by atoms with Crippen LogP contribution in [0.2, 0.25) is 0 Å². The summed E-state index contributed by atoms with van der Waals surface area (Å²) in [5.41, 5.74) is 2.71.